The van der Waals surface area contributed by atoms with Crippen LogP contribution in [0.3, 0.4) is 0 Å². The van der Waals surface area contributed by atoms with Crippen molar-refractivity contribution < 1.29 is 14.1 Å². The molecule has 2 amide bonds. The maximum absolute atomic E-state index is 12.5. The Balaban J connectivity index is 2.09. The molecule has 0 saturated heterocycles. The van der Waals surface area contributed by atoms with Gasteiger partial charge in [-0.2, -0.15) is 11.3 Å². The van der Waals surface area contributed by atoms with Gasteiger partial charge in [0.2, 0.25) is 11.8 Å². The van der Waals surface area contributed by atoms with E-state index in [9.17, 15) is 9.59 Å². The number of primary amides is 1. The van der Waals surface area contributed by atoms with Crippen LogP contribution >= 0.6 is 11.3 Å². The molecule has 2 aromatic heterocycles. The lowest BCUT2D eigenvalue weighted by molar-refractivity contribution is -0.119. The standard InChI is InChI=1S/C16H19N3O3S/c1-2-12(20)19(11-5-3-4-6-11)16-13(15(17)21)14(18-22-16)10-7-8-23-9-10/h7-9,11H,2-6H2,1H3,(H2,17,21). The van der Waals surface area contributed by atoms with Crippen molar-refractivity contribution in [3.63, 3.8) is 0 Å². The molecule has 0 bridgehead atoms. The summed E-state index contributed by atoms with van der Waals surface area (Å²) >= 11 is 1.49. The van der Waals surface area contributed by atoms with E-state index in [2.05, 4.69) is 5.16 Å². The highest BCUT2D eigenvalue weighted by molar-refractivity contribution is 7.08. The maximum atomic E-state index is 12.5. The molecule has 23 heavy (non-hydrogen) atoms. The van der Waals surface area contributed by atoms with E-state index in [4.69, 9.17) is 10.3 Å². The summed E-state index contributed by atoms with van der Waals surface area (Å²) in [5.74, 6) is -0.515. The number of thiophene rings is 1. The molecular weight excluding hydrogens is 314 g/mol. The van der Waals surface area contributed by atoms with E-state index in [1.54, 1.807) is 11.8 Å². The van der Waals surface area contributed by atoms with Gasteiger partial charge >= 0.3 is 0 Å². The Bertz CT molecular complexity index is 702. The van der Waals surface area contributed by atoms with Crippen molar-refractivity contribution in [3.05, 3.63) is 22.4 Å². The van der Waals surface area contributed by atoms with Crippen molar-refractivity contribution in [2.24, 2.45) is 5.73 Å². The minimum absolute atomic E-state index is 0.0452. The highest BCUT2D eigenvalue weighted by atomic mass is 32.1. The van der Waals surface area contributed by atoms with Crippen LogP contribution in [0.1, 0.15) is 49.4 Å². The first-order valence-electron chi connectivity index (χ1n) is 7.77. The Kier molecular flexibility index (Phi) is 4.47. The van der Waals surface area contributed by atoms with Crippen LogP contribution in [-0.4, -0.2) is 23.0 Å². The van der Waals surface area contributed by atoms with Crippen LogP contribution in [0.25, 0.3) is 11.3 Å². The zero-order valence-electron chi connectivity index (χ0n) is 12.9. The van der Waals surface area contributed by atoms with Crippen LogP contribution in [0.4, 0.5) is 5.88 Å². The van der Waals surface area contributed by atoms with E-state index in [0.29, 0.717) is 12.1 Å². The van der Waals surface area contributed by atoms with Gasteiger partial charge in [0, 0.05) is 23.4 Å². The van der Waals surface area contributed by atoms with E-state index >= 15 is 0 Å². The first kappa shape index (κ1) is 15.7. The van der Waals surface area contributed by atoms with Crippen molar-refractivity contribution in [2.75, 3.05) is 4.90 Å². The van der Waals surface area contributed by atoms with Gasteiger partial charge in [-0.15, -0.1) is 0 Å². The number of carbonyl (C=O) groups excluding carboxylic acids is 2. The molecule has 122 valence electrons. The highest BCUT2D eigenvalue weighted by Crippen LogP contribution is 2.36. The minimum atomic E-state index is -0.630. The Hall–Kier alpha value is -2.15. The number of anilines is 1. The average molecular weight is 333 g/mol. The SMILES string of the molecule is CCC(=O)N(c1onc(-c2ccsc2)c1C(N)=O)C1CCCC1. The first-order chi connectivity index (χ1) is 11.1. The second-order valence-electron chi connectivity index (χ2n) is 5.64. The second kappa shape index (κ2) is 6.54. The van der Waals surface area contributed by atoms with Crippen LogP contribution in [-0.2, 0) is 4.79 Å². The zero-order valence-corrected chi connectivity index (χ0v) is 13.8. The maximum Gasteiger partial charge on any atom is 0.256 e. The van der Waals surface area contributed by atoms with E-state index in [1.165, 1.54) is 11.3 Å². The number of hydrogen-bond acceptors (Lipinski definition) is 5. The number of aromatic nitrogens is 1. The molecule has 1 aliphatic rings. The Morgan fingerprint density at radius 3 is 2.74 bits per heavy atom. The lowest BCUT2D eigenvalue weighted by Crippen LogP contribution is -2.39. The third-order valence-corrected chi connectivity index (χ3v) is 4.88. The quantitative estimate of drug-likeness (QED) is 0.910. The number of nitrogens with zero attached hydrogens (tertiary/aromatic N) is 2. The van der Waals surface area contributed by atoms with Gasteiger partial charge in [0.15, 0.2) is 0 Å². The Morgan fingerprint density at radius 1 is 1.43 bits per heavy atom. The highest BCUT2D eigenvalue weighted by Gasteiger charge is 2.35. The Morgan fingerprint density at radius 2 is 2.17 bits per heavy atom. The monoisotopic (exact) mass is 333 g/mol. The summed E-state index contributed by atoms with van der Waals surface area (Å²) in [6, 6.07) is 1.89. The molecule has 0 atom stereocenters. The van der Waals surface area contributed by atoms with E-state index in [-0.39, 0.29) is 23.4 Å². The van der Waals surface area contributed by atoms with E-state index in [1.807, 2.05) is 16.8 Å². The Labute approximate surface area is 138 Å². The fourth-order valence-corrected chi connectivity index (χ4v) is 3.72. The van der Waals surface area contributed by atoms with Gasteiger partial charge in [-0.1, -0.05) is 24.9 Å². The zero-order chi connectivity index (χ0) is 16.4. The molecule has 2 aromatic rings. The largest absolute Gasteiger partial charge is 0.365 e. The first-order valence-corrected chi connectivity index (χ1v) is 8.71. The summed E-state index contributed by atoms with van der Waals surface area (Å²) in [5.41, 5.74) is 6.94. The molecule has 7 heteroatoms. The third-order valence-electron chi connectivity index (χ3n) is 4.19. The molecule has 0 aliphatic heterocycles. The van der Waals surface area contributed by atoms with Gasteiger partial charge in [-0.3, -0.25) is 14.5 Å². The predicted molar refractivity (Wildman–Crippen MR) is 88.4 cm³/mol. The molecule has 3 rings (SSSR count). The summed E-state index contributed by atoms with van der Waals surface area (Å²) in [4.78, 5) is 26.1. The summed E-state index contributed by atoms with van der Waals surface area (Å²) in [7, 11) is 0. The normalized spacial score (nSPS) is 15.0. The molecule has 1 saturated carbocycles. The van der Waals surface area contributed by atoms with Gasteiger partial charge in [0.1, 0.15) is 11.3 Å². The number of hydrogen-bond donors (Lipinski definition) is 1. The van der Waals surface area contributed by atoms with Gasteiger partial charge < -0.3 is 10.3 Å². The topological polar surface area (TPSA) is 89.4 Å². The third kappa shape index (κ3) is 2.88. The van der Waals surface area contributed by atoms with Crippen LogP contribution in [0.2, 0.25) is 0 Å². The van der Waals surface area contributed by atoms with Crippen LogP contribution in [0, 0.1) is 0 Å². The number of rotatable bonds is 5. The van der Waals surface area contributed by atoms with Crippen LogP contribution in [0.15, 0.2) is 21.3 Å². The van der Waals surface area contributed by atoms with Gasteiger partial charge in [0.25, 0.3) is 5.91 Å². The van der Waals surface area contributed by atoms with Crippen molar-refractivity contribution in [1.29, 1.82) is 0 Å². The molecule has 1 aliphatic carbocycles. The summed E-state index contributed by atoms with van der Waals surface area (Å²) in [6.45, 7) is 1.80. The van der Waals surface area contributed by atoms with Crippen LogP contribution < -0.4 is 10.6 Å². The molecule has 0 radical (unpaired) electrons. The summed E-state index contributed by atoms with van der Waals surface area (Å²) in [6.07, 6.45) is 4.27. The molecule has 0 spiro atoms. The molecule has 6 nitrogen and oxygen atoms in total. The van der Waals surface area contributed by atoms with Crippen molar-refractivity contribution in [1.82, 2.24) is 5.16 Å². The van der Waals surface area contributed by atoms with Crippen molar-refractivity contribution in [2.45, 2.75) is 45.1 Å². The average Bonchev–Trinajstić information content (AvgIpc) is 3.28. The van der Waals surface area contributed by atoms with E-state index < -0.39 is 5.91 Å². The predicted octanol–water partition coefficient (Wildman–Crippen LogP) is 3.19. The molecule has 2 N–H and O–H groups in total. The van der Waals surface area contributed by atoms with Gasteiger partial charge in [0.05, 0.1) is 0 Å². The number of carbonyl (C=O) groups is 2. The summed E-state index contributed by atoms with van der Waals surface area (Å²) < 4.78 is 5.44. The molecule has 0 unspecified atom stereocenters. The smallest absolute Gasteiger partial charge is 0.256 e. The number of amides is 2. The lowest BCUT2D eigenvalue weighted by Gasteiger charge is -2.26. The summed E-state index contributed by atoms with van der Waals surface area (Å²) in [5, 5.41) is 7.79. The van der Waals surface area contributed by atoms with E-state index in [0.717, 1.165) is 31.2 Å². The fraction of sp³-hybridized carbons (Fsp3) is 0.438. The van der Waals surface area contributed by atoms with Crippen LogP contribution in [0.5, 0.6) is 0 Å². The molecule has 1 fully saturated rings. The molecule has 0 aromatic carbocycles. The second-order valence-corrected chi connectivity index (χ2v) is 6.42. The molecular formula is C16H19N3O3S. The fourth-order valence-electron chi connectivity index (χ4n) is 3.08. The van der Waals surface area contributed by atoms with Gasteiger partial charge in [-0.25, -0.2) is 0 Å². The minimum Gasteiger partial charge on any atom is -0.365 e. The lowest BCUT2D eigenvalue weighted by atomic mass is 10.1. The number of nitrogens with two attached hydrogens (primary N) is 1. The van der Waals surface area contributed by atoms with Crippen molar-refractivity contribution in [3.8, 4) is 11.3 Å². The van der Waals surface area contributed by atoms with Crippen molar-refractivity contribution >= 4 is 29.0 Å². The van der Waals surface area contributed by atoms with Gasteiger partial charge in [-0.05, 0) is 24.3 Å². The molecule has 2 heterocycles.